The summed E-state index contributed by atoms with van der Waals surface area (Å²) in [7, 11) is 0. The van der Waals surface area contributed by atoms with E-state index >= 15 is 0 Å². The van der Waals surface area contributed by atoms with Crippen molar-refractivity contribution >= 4 is 22.8 Å². The molecule has 0 radical (unpaired) electrons. The zero-order valence-electron chi connectivity index (χ0n) is 10.2. The molecule has 3 rings (SSSR count). The number of fused-ring (bicyclic) bond motifs is 1. The summed E-state index contributed by atoms with van der Waals surface area (Å²) in [5.41, 5.74) is 7.50. The third kappa shape index (κ3) is 2.44. The fraction of sp³-hybridized carbons (Fsp3) is 0.167. The SMILES string of the molecule is Nc1nc(NCCc2ccncc2)c2cn[nH]c2n1. The molecule has 0 atom stereocenters. The molecule has 96 valence electrons. The van der Waals surface area contributed by atoms with Gasteiger partial charge in [-0.2, -0.15) is 15.1 Å². The van der Waals surface area contributed by atoms with E-state index in [0.29, 0.717) is 11.5 Å². The number of nitrogens with one attached hydrogen (secondary N) is 2. The number of hydrogen-bond acceptors (Lipinski definition) is 6. The smallest absolute Gasteiger partial charge is 0.224 e. The Hall–Kier alpha value is -2.70. The maximum Gasteiger partial charge on any atom is 0.224 e. The highest BCUT2D eigenvalue weighted by atomic mass is 15.2. The van der Waals surface area contributed by atoms with Crippen molar-refractivity contribution in [2.24, 2.45) is 0 Å². The number of rotatable bonds is 4. The molecular formula is C12H13N7. The van der Waals surface area contributed by atoms with Crippen LogP contribution >= 0.6 is 0 Å². The average Bonchev–Trinajstić information content (AvgIpc) is 2.88. The number of pyridine rings is 1. The third-order valence-corrected chi connectivity index (χ3v) is 2.78. The first-order valence-corrected chi connectivity index (χ1v) is 5.92. The van der Waals surface area contributed by atoms with Gasteiger partial charge in [0.05, 0.1) is 11.6 Å². The van der Waals surface area contributed by atoms with Gasteiger partial charge in [-0.1, -0.05) is 0 Å². The molecule has 0 saturated carbocycles. The highest BCUT2D eigenvalue weighted by Crippen LogP contribution is 2.18. The Labute approximate surface area is 109 Å². The van der Waals surface area contributed by atoms with Crippen LogP contribution in [0.1, 0.15) is 5.56 Å². The van der Waals surface area contributed by atoms with Crippen molar-refractivity contribution in [2.75, 3.05) is 17.6 Å². The first kappa shape index (κ1) is 11.4. The van der Waals surface area contributed by atoms with Gasteiger partial charge in [-0.05, 0) is 24.1 Å². The third-order valence-electron chi connectivity index (χ3n) is 2.78. The van der Waals surface area contributed by atoms with Crippen LogP contribution in [0.4, 0.5) is 11.8 Å². The molecule has 0 aromatic carbocycles. The Morgan fingerprint density at radius 3 is 2.89 bits per heavy atom. The number of nitrogens with zero attached hydrogens (tertiary/aromatic N) is 4. The number of nitrogens with two attached hydrogens (primary N) is 1. The zero-order chi connectivity index (χ0) is 13.1. The number of anilines is 2. The molecular weight excluding hydrogens is 242 g/mol. The highest BCUT2D eigenvalue weighted by Gasteiger charge is 2.07. The van der Waals surface area contributed by atoms with Gasteiger partial charge in [0.25, 0.3) is 0 Å². The second-order valence-corrected chi connectivity index (χ2v) is 4.09. The summed E-state index contributed by atoms with van der Waals surface area (Å²) in [6.07, 6.45) is 6.13. The van der Waals surface area contributed by atoms with Gasteiger partial charge in [-0.25, -0.2) is 0 Å². The van der Waals surface area contributed by atoms with Crippen molar-refractivity contribution in [3.05, 3.63) is 36.3 Å². The van der Waals surface area contributed by atoms with E-state index in [1.54, 1.807) is 18.6 Å². The minimum Gasteiger partial charge on any atom is -0.369 e. The van der Waals surface area contributed by atoms with Crippen molar-refractivity contribution in [3.8, 4) is 0 Å². The summed E-state index contributed by atoms with van der Waals surface area (Å²) >= 11 is 0. The van der Waals surface area contributed by atoms with E-state index in [-0.39, 0.29) is 5.95 Å². The van der Waals surface area contributed by atoms with E-state index in [9.17, 15) is 0 Å². The van der Waals surface area contributed by atoms with E-state index in [1.165, 1.54) is 5.56 Å². The predicted molar refractivity (Wildman–Crippen MR) is 72.5 cm³/mol. The molecule has 0 bridgehead atoms. The first-order chi connectivity index (χ1) is 9.33. The Kier molecular flexibility index (Phi) is 2.93. The first-order valence-electron chi connectivity index (χ1n) is 5.92. The van der Waals surface area contributed by atoms with Gasteiger partial charge in [0, 0.05) is 18.9 Å². The molecule has 19 heavy (non-hydrogen) atoms. The molecule has 0 aliphatic heterocycles. The molecule has 7 heteroatoms. The maximum absolute atomic E-state index is 5.65. The summed E-state index contributed by atoms with van der Waals surface area (Å²) in [5, 5.41) is 10.8. The van der Waals surface area contributed by atoms with Gasteiger partial charge in [0.1, 0.15) is 5.82 Å². The van der Waals surface area contributed by atoms with Crippen molar-refractivity contribution in [1.82, 2.24) is 25.1 Å². The quantitative estimate of drug-likeness (QED) is 0.642. The van der Waals surface area contributed by atoms with Gasteiger partial charge in [-0.15, -0.1) is 0 Å². The Morgan fingerprint density at radius 1 is 1.21 bits per heavy atom. The van der Waals surface area contributed by atoms with Crippen LogP contribution in [0.3, 0.4) is 0 Å². The molecule has 7 nitrogen and oxygen atoms in total. The number of H-pyrrole nitrogens is 1. The number of hydrogen-bond donors (Lipinski definition) is 3. The molecule has 3 aromatic rings. The molecule has 0 amide bonds. The lowest BCUT2D eigenvalue weighted by molar-refractivity contribution is 1.00. The molecule has 0 aliphatic rings. The van der Waals surface area contributed by atoms with Gasteiger partial charge < -0.3 is 11.1 Å². The molecule has 0 saturated heterocycles. The molecule has 3 aromatic heterocycles. The van der Waals surface area contributed by atoms with Crippen molar-refractivity contribution in [3.63, 3.8) is 0 Å². The molecule has 4 N–H and O–H groups in total. The maximum atomic E-state index is 5.65. The molecule has 0 unspecified atom stereocenters. The molecule has 3 heterocycles. The largest absolute Gasteiger partial charge is 0.369 e. The van der Waals surface area contributed by atoms with Crippen LogP contribution in [-0.2, 0) is 6.42 Å². The van der Waals surface area contributed by atoms with Crippen LogP contribution < -0.4 is 11.1 Å². The van der Waals surface area contributed by atoms with Gasteiger partial charge in [0.15, 0.2) is 5.65 Å². The Morgan fingerprint density at radius 2 is 2.05 bits per heavy atom. The van der Waals surface area contributed by atoms with Crippen molar-refractivity contribution < 1.29 is 0 Å². The summed E-state index contributed by atoms with van der Waals surface area (Å²) < 4.78 is 0. The number of nitrogen functional groups attached to an aromatic ring is 1. The minimum atomic E-state index is 0.225. The highest BCUT2D eigenvalue weighted by molar-refractivity contribution is 5.86. The van der Waals surface area contributed by atoms with Crippen molar-refractivity contribution in [1.29, 1.82) is 0 Å². The Bertz CT molecular complexity index is 677. The lowest BCUT2D eigenvalue weighted by Crippen LogP contribution is -2.08. The summed E-state index contributed by atoms with van der Waals surface area (Å²) in [5.74, 6) is 0.925. The number of aromatic nitrogens is 5. The van der Waals surface area contributed by atoms with Crippen LogP contribution in [0.2, 0.25) is 0 Å². The fourth-order valence-electron chi connectivity index (χ4n) is 1.86. The van der Waals surface area contributed by atoms with Gasteiger partial charge in [0.2, 0.25) is 5.95 Å². The minimum absolute atomic E-state index is 0.225. The van der Waals surface area contributed by atoms with E-state index in [2.05, 4.69) is 30.5 Å². The second kappa shape index (κ2) is 4.89. The van der Waals surface area contributed by atoms with Crippen LogP contribution in [0.5, 0.6) is 0 Å². The topological polar surface area (TPSA) is 105 Å². The van der Waals surface area contributed by atoms with Crippen LogP contribution in [-0.4, -0.2) is 31.7 Å². The normalized spacial score (nSPS) is 10.7. The monoisotopic (exact) mass is 255 g/mol. The molecule has 0 spiro atoms. The fourth-order valence-corrected chi connectivity index (χ4v) is 1.86. The lowest BCUT2D eigenvalue weighted by atomic mass is 10.2. The zero-order valence-corrected chi connectivity index (χ0v) is 10.2. The lowest BCUT2D eigenvalue weighted by Gasteiger charge is -2.06. The van der Waals surface area contributed by atoms with Crippen LogP contribution in [0.15, 0.2) is 30.7 Å². The molecule has 0 fully saturated rings. The van der Waals surface area contributed by atoms with E-state index in [4.69, 9.17) is 5.73 Å². The second-order valence-electron chi connectivity index (χ2n) is 4.09. The van der Waals surface area contributed by atoms with Crippen molar-refractivity contribution in [2.45, 2.75) is 6.42 Å². The van der Waals surface area contributed by atoms with Gasteiger partial charge in [-0.3, -0.25) is 10.1 Å². The summed E-state index contributed by atoms with van der Waals surface area (Å²) in [4.78, 5) is 12.2. The van der Waals surface area contributed by atoms with Gasteiger partial charge >= 0.3 is 0 Å². The summed E-state index contributed by atoms with van der Waals surface area (Å²) in [6, 6.07) is 3.98. The Balaban J connectivity index is 1.73. The van der Waals surface area contributed by atoms with Crippen LogP contribution in [0.25, 0.3) is 11.0 Å². The van der Waals surface area contributed by atoms with Crippen LogP contribution in [0, 0.1) is 0 Å². The van der Waals surface area contributed by atoms with E-state index in [1.807, 2.05) is 12.1 Å². The molecule has 0 aliphatic carbocycles. The van der Waals surface area contributed by atoms with E-state index in [0.717, 1.165) is 18.4 Å². The summed E-state index contributed by atoms with van der Waals surface area (Å²) in [6.45, 7) is 0.751. The predicted octanol–water partition coefficient (Wildman–Crippen LogP) is 0.985. The standard InChI is InChI=1S/C12H13N7/c13-12-17-10(9-7-16-19-11(9)18-12)15-6-3-8-1-4-14-5-2-8/h1-2,4-5,7H,3,6H2,(H4,13,15,16,17,18,19). The average molecular weight is 255 g/mol. The van der Waals surface area contributed by atoms with E-state index < -0.39 is 0 Å². The number of aromatic amines is 1.